The summed E-state index contributed by atoms with van der Waals surface area (Å²) in [7, 11) is 0. The van der Waals surface area contributed by atoms with Crippen LogP contribution in [0.1, 0.15) is 12.1 Å². The van der Waals surface area contributed by atoms with Crippen molar-refractivity contribution < 1.29 is 17.9 Å². The predicted octanol–water partition coefficient (Wildman–Crippen LogP) is 1.48. The Labute approximate surface area is 96.2 Å². The Morgan fingerprint density at radius 2 is 2.18 bits per heavy atom. The van der Waals surface area contributed by atoms with Gasteiger partial charge in [-0.15, -0.1) is 10.2 Å². The lowest BCUT2D eigenvalue weighted by Gasteiger charge is -2.10. The van der Waals surface area contributed by atoms with Gasteiger partial charge in [-0.2, -0.15) is 13.2 Å². The van der Waals surface area contributed by atoms with Crippen LogP contribution in [0.5, 0.6) is 5.88 Å². The standard InChI is InChI=1S/C10H12F3N3O/c11-10(12,13)8-1-2-9(16-15-8)17-6-7-3-4-14-5-7/h1-2,7,14H,3-6H2. The van der Waals surface area contributed by atoms with Crippen molar-refractivity contribution in [2.75, 3.05) is 19.7 Å². The summed E-state index contributed by atoms with van der Waals surface area (Å²) in [6.45, 7) is 2.27. The number of aromatic nitrogens is 2. The van der Waals surface area contributed by atoms with Gasteiger partial charge in [0, 0.05) is 18.5 Å². The Morgan fingerprint density at radius 1 is 1.35 bits per heavy atom. The van der Waals surface area contributed by atoms with Crippen molar-refractivity contribution in [3.05, 3.63) is 17.8 Å². The number of ether oxygens (including phenoxy) is 1. The first-order valence-electron chi connectivity index (χ1n) is 5.30. The number of nitrogens with zero attached hydrogens (tertiary/aromatic N) is 2. The summed E-state index contributed by atoms with van der Waals surface area (Å²) in [6.07, 6.45) is -3.45. The first-order chi connectivity index (χ1) is 8.05. The molecule has 17 heavy (non-hydrogen) atoms. The third-order valence-electron chi connectivity index (χ3n) is 2.56. The number of rotatable bonds is 3. The molecule has 94 valence electrons. The fraction of sp³-hybridized carbons (Fsp3) is 0.600. The van der Waals surface area contributed by atoms with Crippen molar-refractivity contribution in [2.24, 2.45) is 5.92 Å². The van der Waals surface area contributed by atoms with Crippen molar-refractivity contribution >= 4 is 0 Å². The molecule has 1 saturated heterocycles. The number of nitrogens with one attached hydrogen (secondary N) is 1. The molecule has 0 amide bonds. The minimum atomic E-state index is -4.46. The maximum absolute atomic E-state index is 12.2. The highest BCUT2D eigenvalue weighted by atomic mass is 19.4. The molecule has 1 unspecified atom stereocenters. The SMILES string of the molecule is FC(F)(F)c1ccc(OCC2CCNC2)nn1. The molecule has 1 N–H and O–H groups in total. The molecule has 1 atom stereocenters. The van der Waals surface area contributed by atoms with Crippen LogP contribution in [0.25, 0.3) is 0 Å². The fourth-order valence-corrected chi connectivity index (χ4v) is 1.61. The molecule has 0 bridgehead atoms. The molecule has 1 fully saturated rings. The molecule has 0 radical (unpaired) electrons. The number of alkyl halides is 3. The molecule has 1 aliphatic heterocycles. The summed E-state index contributed by atoms with van der Waals surface area (Å²) < 4.78 is 41.9. The molecular formula is C10H12F3N3O. The van der Waals surface area contributed by atoms with E-state index in [0.717, 1.165) is 25.6 Å². The van der Waals surface area contributed by atoms with Crippen LogP contribution in [-0.2, 0) is 6.18 Å². The number of halogens is 3. The van der Waals surface area contributed by atoms with E-state index in [1.807, 2.05) is 0 Å². The van der Waals surface area contributed by atoms with E-state index in [4.69, 9.17) is 4.74 Å². The van der Waals surface area contributed by atoms with Gasteiger partial charge in [0.2, 0.25) is 5.88 Å². The fourth-order valence-electron chi connectivity index (χ4n) is 1.61. The van der Waals surface area contributed by atoms with Crippen molar-refractivity contribution in [3.63, 3.8) is 0 Å². The lowest BCUT2D eigenvalue weighted by molar-refractivity contribution is -0.141. The first kappa shape index (κ1) is 12.1. The van der Waals surface area contributed by atoms with Crippen LogP contribution < -0.4 is 10.1 Å². The first-order valence-corrected chi connectivity index (χ1v) is 5.30. The van der Waals surface area contributed by atoms with Gasteiger partial charge in [-0.25, -0.2) is 0 Å². The summed E-state index contributed by atoms with van der Waals surface area (Å²) >= 11 is 0. The van der Waals surface area contributed by atoms with Crippen molar-refractivity contribution in [2.45, 2.75) is 12.6 Å². The molecule has 2 rings (SSSR count). The quantitative estimate of drug-likeness (QED) is 0.879. The van der Waals surface area contributed by atoms with Crippen LogP contribution >= 0.6 is 0 Å². The van der Waals surface area contributed by atoms with E-state index in [-0.39, 0.29) is 5.88 Å². The zero-order valence-electron chi connectivity index (χ0n) is 9.00. The van der Waals surface area contributed by atoms with Gasteiger partial charge >= 0.3 is 6.18 Å². The molecule has 4 nitrogen and oxygen atoms in total. The zero-order chi connectivity index (χ0) is 12.3. The van der Waals surface area contributed by atoms with Crippen molar-refractivity contribution in [3.8, 4) is 5.88 Å². The summed E-state index contributed by atoms with van der Waals surface area (Å²) in [5, 5.41) is 9.65. The van der Waals surface area contributed by atoms with E-state index in [2.05, 4.69) is 15.5 Å². The average molecular weight is 247 g/mol. The summed E-state index contributed by atoms with van der Waals surface area (Å²) in [6, 6.07) is 2.06. The Balaban J connectivity index is 1.89. The van der Waals surface area contributed by atoms with E-state index in [1.54, 1.807) is 0 Å². The largest absolute Gasteiger partial charge is 0.476 e. The molecule has 1 aromatic heterocycles. The molecule has 1 aliphatic rings. The second-order valence-corrected chi connectivity index (χ2v) is 3.92. The third-order valence-corrected chi connectivity index (χ3v) is 2.56. The van der Waals surface area contributed by atoms with Crippen molar-refractivity contribution in [1.29, 1.82) is 0 Å². The van der Waals surface area contributed by atoms with Crippen LogP contribution in [0.15, 0.2) is 12.1 Å². The molecule has 0 saturated carbocycles. The molecule has 2 heterocycles. The zero-order valence-corrected chi connectivity index (χ0v) is 9.00. The smallest absolute Gasteiger partial charge is 0.435 e. The summed E-state index contributed by atoms with van der Waals surface area (Å²) in [4.78, 5) is 0. The number of hydrogen-bond acceptors (Lipinski definition) is 4. The van der Waals surface area contributed by atoms with E-state index in [1.165, 1.54) is 6.07 Å². The molecule has 1 aromatic rings. The summed E-state index contributed by atoms with van der Waals surface area (Å²) in [5.74, 6) is 0.518. The van der Waals surface area contributed by atoms with Gasteiger partial charge in [-0.3, -0.25) is 0 Å². The van der Waals surface area contributed by atoms with Gasteiger partial charge in [0.25, 0.3) is 0 Å². The minimum absolute atomic E-state index is 0.130. The van der Waals surface area contributed by atoms with Gasteiger partial charge in [-0.1, -0.05) is 0 Å². The second kappa shape index (κ2) is 4.87. The average Bonchev–Trinajstić information content (AvgIpc) is 2.78. The molecule has 0 spiro atoms. The Morgan fingerprint density at radius 3 is 2.71 bits per heavy atom. The van der Waals surface area contributed by atoms with Gasteiger partial charge in [0.1, 0.15) is 0 Å². The molecule has 7 heteroatoms. The van der Waals surface area contributed by atoms with Gasteiger partial charge in [-0.05, 0) is 19.0 Å². The van der Waals surface area contributed by atoms with Crippen LogP contribution in [-0.4, -0.2) is 29.9 Å². The molecule has 0 aliphatic carbocycles. The maximum atomic E-state index is 12.2. The maximum Gasteiger partial charge on any atom is 0.435 e. The van der Waals surface area contributed by atoms with Crippen LogP contribution in [0.4, 0.5) is 13.2 Å². The predicted molar refractivity (Wildman–Crippen MR) is 53.5 cm³/mol. The van der Waals surface area contributed by atoms with Crippen molar-refractivity contribution in [1.82, 2.24) is 15.5 Å². The van der Waals surface area contributed by atoms with E-state index < -0.39 is 11.9 Å². The second-order valence-electron chi connectivity index (χ2n) is 3.92. The topological polar surface area (TPSA) is 47.0 Å². The highest BCUT2D eigenvalue weighted by Crippen LogP contribution is 2.27. The lowest BCUT2D eigenvalue weighted by Crippen LogP contribution is -2.16. The monoisotopic (exact) mass is 247 g/mol. The highest BCUT2D eigenvalue weighted by Gasteiger charge is 2.33. The third kappa shape index (κ3) is 3.29. The molecular weight excluding hydrogens is 235 g/mol. The van der Waals surface area contributed by atoms with Crippen LogP contribution in [0, 0.1) is 5.92 Å². The highest BCUT2D eigenvalue weighted by molar-refractivity contribution is 5.13. The Hall–Kier alpha value is -1.37. The van der Waals surface area contributed by atoms with Gasteiger partial charge < -0.3 is 10.1 Å². The van der Waals surface area contributed by atoms with E-state index in [0.29, 0.717) is 12.5 Å². The van der Waals surface area contributed by atoms with Gasteiger partial charge in [0.05, 0.1) is 6.61 Å². The lowest BCUT2D eigenvalue weighted by atomic mass is 10.1. The van der Waals surface area contributed by atoms with E-state index >= 15 is 0 Å². The normalized spacial score (nSPS) is 20.5. The Bertz CT molecular complexity index is 360. The Kier molecular flexibility index (Phi) is 3.46. The molecule has 0 aromatic carbocycles. The van der Waals surface area contributed by atoms with Crippen LogP contribution in [0.2, 0.25) is 0 Å². The van der Waals surface area contributed by atoms with E-state index in [9.17, 15) is 13.2 Å². The van der Waals surface area contributed by atoms with Gasteiger partial charge in [0.15, 0.2) is 5.69 Å². The number of hydrogen-bond donors (Lipinski definition) is 1. The summed E-state index contributed by atoms with van der Waals surface area (Å²) in [5.41, 5.74) is -1.01. The minimum Gasteiger partial charge on any atom is -0.476 e. The van der Waals surface area contributed by atoms with Crippen LogP contribution in [0.3, 0.4) is 0 Å².